The number of phenolic OH excluding ortho intramolecular Hbond substituents is 1. The van der Waals surface area contributed by atoms with Gasteiger partial charge in [-0.25, -0.2) is 0 Å². The van der Waals surface area contributed by atoms with Crippen LogP contribution in [0.15, 0.2) is 77.8 Å². The summed E-state index contributed by atoms with van der Waals surface area (Å²) in [7, 11) is 0. The number of aliphatic imine (C=N–C) groups is 1. The third kappa shape index (κ3) is 4.58. The van der Waals surface area contributed by atoms with Crippen molar-refractivity contribution in [1.29, 1.82) is 0 Å². The van der Waals surface area contributed by atoms with E-state index in [9.17, 15) is 5.11 Å². The van der Waals surface area contributed by atoms with Crippen LogP contribution in [0.25, 0.3) is 0 Å². The van der Waals surface area contributed by atoms with Crippen molar-refractivity contribution in [3.8, 4) is 5.75 Å². The molecule has 1 aliphatic rings. The fraction of sp³-hybridized carbons (Fsp3) is 0.345. The number of aryl methyl sites for hydroxylation is 1. The number of nitrogens with zero attached hydrogens (tertiary/aromatic N) is 1. The average molecular weight is 412 g/mol. The molecule has 0 saturated heterocycles. The van der Waals surface area contributed by atoms with Crippen LogP contribution in [0.4, 0.5) is 0 Å². The molecule has 0 bridgehead atoms. The predicted molar refractivity (Wildman–Crippen MR) is 130 cm³/mol. The Morgan fingerprint density at radius 2 is 1.48 bits per heavy atom. The molecule has 0 atom stereocenters. The maximum Gasteiger partial charge on any atom is 0.128 e. The van der Waals surface area contributed by atoms with Crippen LogP contribution in [-0.2, 0) is 5.41 Å². The molecule has 31 heavy (non-hydrogen) atoms. The second-order valence-corrected chi connectivity index (χ2v) is 9.11. The molecule has 1 fully saturated rings. The largest absolute Gasteiger partial charge is 0.507 e. The molecule has 160 valence electrons. The third-order valence-corrected chi connectivity index (χ3v) is 6.84. The van der Waals surface area contributed by atoms with Gasteiger partial charge in [-0.05, 0) is 55.4 Å². The first-order valence-electron chi connectivity index (χ1n) is 11.5. The summed E-state index contributed by atoms with van der Waals surface area (Å²) in [5, 5.41) is 11.4. The van der Waals surface area contributed by atoms with E-state index < -0.39 is 5.41 Å². The Balaban J connectivity index is 1.76. The molecule has 0 heterocycles. The summed E-state index contributed by atoms with van der Waals surface area (Å²) in [6.07, 6.45) is 8.46. The molecule has 4 rings (SSSR count). The number of phenols is 1. The lowest BCUT2D eigenvalue weighted by molar-refractivity contribution is 0.367. The van der Waals surface area contributed by atoms with E-state index in [1.807, 2.05) is 24.4 Å². The van der Waals surface area contributed by atoms with E-state index in [1.165, 1.54) is 32.1 Å². The highest BCUT2D eigenvalue weighted by molar-refractivity contribution is 5.85. The van der Waals surface area contributed by atoms with Crippen LogP contribution in [-0.4, -0.2) is 17.9 Å². The molecule has 2 heteroatoms. The molecule has 0 amide bonds. The average Bonchev–Trinajstić information content (AvgIpc) is 2.82. The van der Waals surface area contributed by atoms with Crippen molar-refractivity contribution in [3.63, 3.8) is 0 Å². The summed E-state index contributed by atoms with van der Waals surface area (Å²) in [5.74, 6) is 1.02. The maximum absolute atomic E-state index is 11.4. The van der Waals surface area contributed by atoms with Gasteiger partial charge in [-0.1, -0.05) is 86.0 Å². The molecule has 0 aromatic heterocycles. The number of benzene rings is 3. The van der Waals surface area contributed by atoms with E-state index in [0.29, 0.717) is 11.7 Å². The van der Waals surface area contributed by atoms with Crippen molar-refractivity contribution in [2.75, 3.05) is 6.54 Å². The van der Waals surface area contributed by atoms with Crippen LogP contribution in [0.2, 0.25) is 0 Å². The van der Waals surface area contributed by atoms with Gasteiger partial charge in [-0.2, -0.15) is 0 Å². The Morgan fingerprint density at radius 1 is 0.903 bits per heavy atom. The normalized spacial score (nSPS) is 15.4. The highest BCUT2D eigenvalue weighted by atomic mass is 16.3. The molecule has 2 nitrogen and oxygen atoms in total. The molecule has 0 radical (unpaired) electrons. The van der Waals surface area contributed by atoms with Crippen molar-refractivity contribution >= 4 is 6.21 Å². The minimum Gasteiger partial charge on any atom is -0.507 e. The second kappa shape index (κ2) is 9.51. The molecule has 3 aromatic rings. The standard InChI is InChI=1S/C29H33NO/c1-22-18-24(21-30-20-23-12-6-3-7-13-23)28(31)27(19-22)29(2,25-14-8-4-9-15-25)26-16-10-5-11-17-26/h4-5,8-11,14-19,21,23,31H,3,6-7,12-13,20H2,1-2H3. The van der Waals surface area contributed by atoms with Gasteiger partial charge in [0.2, 0.25) is 0 Å². The minimum atomic E-state index is -0.468. The van der Waals surface area contributed by atoms with E-state index >= 15 is 0 Å². The van der Waals surface area contributed by atoms with Gasteiger partial charge in [0, 0.05) is 29.3 Å². The van der Waals surface area contributed by atoms with Gasteiger partial charge in [0.05, 0.1) is 0 Å². The molecular formula is C29H33NO. The van der Waals surface area contributed by atoms with Gasteiger partial charge in [0.25, 0.3) is 0 Å². The Bertz CT molecular complexity index is 978. The minimum absolute atomic E-state index is 0.327. The Kier molecular flexibility index (Phi) is 6.56. The summed E-state index contributed by atoms with van der Waals surface area (Å²) in [6, 6.07) is 25.1. The summed E-state index contributed by atoms with van der Waals surface area (Å²) >= 11 is 0. The molecule has 1 aliphatic carbocycles. The van der Waals surface area contributed by atoms with Crippen molar-refractivity contribution in [2.45, 2.75) is 51.4 Å². The van der Waals surface area contributed by atoms with Crippen LogP contribution < -0.4 is 0 Å². The Morgan fingerprint density at radius 3 is 2.06 bits per heavy atom. The highest BCUT2D eigenvalue weighted by Crippen LogP contribution is 2.44. The van der Waals surface area contributed by atoms with E-state index in [0.717, 1.165) is 34.4 Å². The molecule has 0 unspecified atom stereocenters. The van der Waals surface area contributed by atoms with Gasteiger partial charge < -0.3 is 5.11 Å². The lowest BCUT2D eigenvalue weighted by Crippen LogP contribution is -2.26. The van der Waals surface area contributed by atoms with Crippen LogP contribution >= 0.6 is 0 Å². The molecular weight excluding hydrogens is 378 g/mol. The van der Waals surface area contributed by atoms with Gasteiger partial charge in [0.15, 0.2) is 0 Å². The SMILES string of the molecule is Cc1cc(C=NCC2CCCCC2)c(O)c(C(C)(c2ccccc2)c2ccccc2)c1. The molecule has 0 aliphatic heterocycles. The monoisotopic (exact) mass is 411 g/mol. The fourth-order valence-corrected chi connectivity index (χ4v) is 4.98. The van der Waals surface area contributed by atoms with Gasteiger partial charge >= 0.3 is 0 Å². The smallest absolute Gasteiger partial charge is 0.128 e. The zero-order chi connectivity index (χ0) is 21.7. The number of hydrogen-bond acceptors (Lipinski definition) is 2. The number of aromatic hydroxyl groups is 1. The van der Waals surface area contributed by atoms with Crippen molar-refractivity contribution < 1.29 is 5.11 Å². The molecule has 0 spiro atoms. The van der Waals surface area contributed by atoms with Crippen molar-refractivity contribution in [3.05, 3.63) is 101 Å². The van der Waals surface area contributed by atoms with Gasteiger partial charge in [-0.15, -0.1) is 0 Å². The number of rotatable bonds is 6. The first-order valence-corrected chi connectivity index (χ1v) is 11.5. The van der Waals surface area contributed by atoms with Crippen LogP contribution in [0.5, 0.6) is 5.75 Å². The van der Waals surface area contributed by atoms with Crippen molar-refractivity contribution in [2.24, 2.45) is 10.9 Å². The predicted octanol–water partition coefficient (Wildman–Crippen LogP) is 7.05. The van der Waals surface area contributed by atoms with E-state index in [4.69, 9.17) is 4.99 Å². The zero-order valence-corrected chi connectivity index (χ0v) is 18.7. The first-order chi connectivity index (χ1) is 15.1. The van der Waals surface area contributed by atoms with E-state index in [2.05, 4.69) is 68.4 Å². The van der Waals surface area contributed by atoms with Gasteiger partial charge in [-0.3, -0.25) is 4.99 Å². The van der Waals surface area contributed by atoms with E-state index in [-0.39, 0.29) is 0 Å². The van der Waals surface area contributed by atoms with Crippen LogP contribution in [0, 0.1) is 12.8 Å². The fourth-order valence-electron chi connectivity index (χ4n) is 4.98. The quantitative estimate of drug-likeness (QED) is 0.342. The van der Waals surface area contributed by atoms with Crippen LogP contribution in [0.1, 0.15) is 66.8 Å². The highest BCUT2D eigenvalue weighted by Gasteiger charge is 2.34. The van der Waals surface area contributed by atoms with Crippen molar-refractivity contribution in [1.82, 2.24) is 0 Å². The Hall–Kier alpha value is -2.87. The Labute approximate surface area is 186 Å². The third-order valence-electron chi connectivity index (χ3n) is 6.84. The lowest BCUT2D eigenvalue weighted by Gasteiger charge is -2.33. The second-order valence-electron chi connectivity index (χ2n) is 9.11. The molecule has 3 aromatic carbocycles. The topological polar surface area (TPSA) is 32.6 Å². The number of hydrogen-bond donors (Lipinski definition) is 1. The summed E-state index contributed by atoms with van der Waals surface area (Å²) in [6.45, 7) is 5.16. The summed E-state index contributed by atoms with van der Waals surface area (Å²) in [5.41, 5.74) is 4.71. The zero-order valence-electron chi connectivity index (χ0n) is 18.7. The van der Waals surface area contributed by atoms with Gasteiger partial charge in [0.1, 0.15) is 5.75 Å². The summed E-state index contributed by atoms with van der Waals surface area (Å²) in [4.78, 5) is 4.75. The van der Waals surface area contributed by atoms with Crippen LogP contribution in [0.3, 0.4) is 0 Å². The maximum atomic E-state index is 11.4. The lowest BCUT2D eigenvalue weighted by atomic mass is 9.70. The summed E-state index contributed by atoms with van der Waals surface area (Å²) < 4.78 is 0. The molecule has 1 saturated carbocycles. The van der Waals surface area contributed by atoms with E-state index in [1.54, 1.807) is 0 Å². The molecule has 1 N–H and O–H groups in total. The first kappa shape index (κ1) is 21.4.